The summed E-state index contributed by atoms with van der Waals surface area (Å²) >= 11 is 0. The summed E-state index contributed by atoms with van der Waals surface area (Å²) in [6, 6.07) is 13.4. The van der Waals surface area contributed by atoms with Gasteiger partial charge < -0.3 is 0 Å². The van der Waals surface area contributed by atoms with Gasteiger partial charge in [-0.1, -0.05) is 42.5 Å². The molecule has 4 heteroatoms. The van der Waals surface area contributed by atoms with Crippen LogP contribution >= 0.6 is 0 Å². The molecule has 0 spiro atoms. The van der Waals surface area contributed by atoms with Crippen molar-refractivity contribution in [2.45, 2.75) is 0 Å². The van der Waals surface area contributed by atoms with Crippen LogP contribution in [0.3, 0.4) is 0 Å². The molecule has 0 bridgehead atoms. The van der Waals surface area contributed by atoms with Crippen LogP contribution in [0.5, 0.6) is 0 Å². The van der Waals surface area contributed by atoms with E-state index in [9.17, 15) is 4.79 Å². The van der Waals surface area contributed by atoms with E-state index in [4.69, 9.17) is 0 Å². The predicted octanol–water partition coefficient (Wildman–Crippen LogP) is 2.19. The highest BCUT2D eigenvalue weighted by atomic mass is 16.1. The van der Waals surface area contributed by atoms with Crippen molar-refractivity contribution in [1.82, 2.24) is 15.2 Å². The third-order valence-corrected chi connectivity index (χ3v) is 2.66. The van der Waals surface area contributed by atoms with E-state index in [2.05, 4.69) is 15.2 Å². The topological polar surface area (TPSA) is 58.6 Å². The molecule has 4 nitrogen and oxygen atoms in total. The van der Waals surface area contributed by atoms with Gasteiger partial charge in [-0.3, -0.25) is 9.89 Å². The molecule has 1 aromatic heterocycles. The Kier molecular flexibility index (Phi) is 2.19. The standard InChI is InChI=1S/C13H9N3O/c17-12(13-14-8-15-16-13)11-7-3-5-9-4-1-2-6-10(9)11/h1-8H,(H,14,15,16). The maximum Gasteiger partial charge on any atom is 0.230 e. The third-order valence-electron chi connectivity index (χ3n) is 2.66. The van der Waals surface area contributed by atoms with Gasteiger partial charge in [-0.2, -0.15) is 5.10 Å². The summed E-state index contributed by atoms with van der Waals surface area (Å²) in [6.45, 7) is 0. The minimum absolute atomic E-state index is 0.140. The van der Waals surface area contributed by atoms with Gasteiger partial charge in [0.05, 0.1) is 0 Å². The highest BCUT2D eigenvalue weighted by molar-refractivity contribution is 6.14. The normalized spacial score (nSPS) is 10.6. The Morgan fingerprint density at radius 3 is 2.71 bits per heavy atom. The van der Waals surface area contributed by atoms with Gasteiger partial charge in [-0.25, -0.2) is 4.98 Å². The van der Waals surface area contributed by atoms with E-state index in [1.54, 1.807) is 6.07 Å². The molecule has 0 aliphatic rings. The highest BCUT2D eigenvalue weighted by Crippen LogP contribution is 2.20. The van der Waals surface area contributed by atoms with E-state index in [-0.39, 0.29) is 11.6 Å². The summed E-state index contributed by atoms with van der Waals surface area (Å²) in [6.07, 6.45) is 1.33. The van der Waals surface area contributed by atoms with Gasteiger partial charge in [0.25, 0.3) is 0 Å². The van der Waals surface area contributed by atoms with E-state index in [0.29, 0.717) is 5.56 Å². The van der Waals surface area contributed by atoms with Gasteiger partial charge in [-0.05, 0) is 10.8 Å². The molecule has 0 radical (unpaired) electrons. The van der Waals surface area contributed by atoms with Crippen molar-refractivity contribution < 1.29 is 4.79 Å². The molecule has 17 heavy (non-hydrogen) atoms. The molecular formula is C13H9N3O. The largest absolute Gasteiger partial charge is 0.285 e. The van der Waals surface area contributed by atoms with E-state index < -0.39 is 0 Å². The molecule has 0 saturated heterocycles. The predicted molar refractivity (Wildman–Crippen MR) is 63.8 cm³/mol. The first-order valence-electron chi connectivity index (χ1n) is 5.24. The Morgan fingerprint density at radius 1 is 1.06 bits per heavy atom. The fraction of sp³-hybridized carbons (Fsp3) is 0. The molecule has 0 aliphatic carbocycles. The van der Waals surface area contributed by atoms with Crippen LogP contribution in [0.1, 0.15) is 16.2 Å². The summed E-state index contributed by atoms with van der Waals surface area (Å²) in [5.41, 5.74) is 0.639. The molecule has 2 aromatic carbocycles. The van der Waals surface area contributed by atoms with Crippen molar-refractivity contribution in [3.8, 4) is 0 Å². The number of H-pyrrole nitrogens is 1. The van der Waals surface area contributed by atoms with Gasteiger partial charge in [0.1, 0.15) is 6.33 Å². The molecule has 1 heterocycles. The van der Waals surface area contributed by atoms with Crippen LogP contribution in [0.15, 0.2) is 48.8 Å². The number of carbonyl (C=O) groups excluding carboxylic acids is 1. The highest BCUT2D eigenvalue weighted by Gasteiger charge is 2.14. The fourth-order valence-corrected chi connectivity index (χ4v) is 1.87. The van der Waals surface area contributed by atoms with Crippen LogP contribution in [0.25, 0.3) is 10.8 Å². The van der Waals surface area contributed by atoms with Crippen LogP contribution in [-0.4, -0.2) is 21.0 Å². The zero-order valence-electron chi connectivity index (χ0n) is 8.92. The number of fused-ring (bicyclic) bond motifs is 1. The number of nitrogens with one attached hydrogen (secondary N) is 1. The summed E-state index contributed by atoms with van der Waals surface area (Å²) in [4.78, 5) is 16.1. The molecule has 0 aliphatic heterocycles. The van der Waals surface area contributed by atoms with E-state index in [0.717, 1.165) is 10.8 Å². The van der Waals surface area contributed by atoms with Crippen molar-refractivity contribution in [2.75, 3.05) is 0 Å². The zero-order valence-corrected chi connectivity index (χ0v) is 8.92. The third kappa shape index (κ3) is 1.59. The lowest BCUT2D eigenvalue weighted by atomic mass is 10.0. The van der Waals surface area contributed by atoms with Crippen LogP contribution < -0.4 is 0 Å². The molecule has 3 rings (SSSR count). The molecule has 0 atom stereocenters. The minimum Gasteiger partial charge on any atom is -0.285 e. The van der Waals surface area contributed by atoms with Gasteiger partial charge in [-0.15, -0.1) is 0 Å². The van der Waals surface area contributed by atoms with Crippen LogP contribution in [-0.2, 0) is 0 Å². The van der Waals surface area contributed by atoms with Crippen LogP contribution in [0.4, 0.5) is 0 Å². The second-order valence-corrected chi connectivity index (χ2v) is 3.69. The summed E-state index contributed by atoms with van der Waals surface area (Å²) in [5, 5.41) is 8.25. The Hall–Kier alpha value is -2.49. The van der Waals surface area contributed by atoms with E-state index >= 15 is 0 Å². The first-order chi connectivity index (χ1) is 8.36. The number of aromatic amines is 1. The lowest BCUT2D eigenvalue weighted by molar-refractivity contribution is 0.103. The number of carbonyl (C=O) groups is 1. The van der Waals surface area contributed by atoms with Crippen molar-refractivity contribution in [1.29, 1.82) is 0 Å². The van der Waals surface area contributed by atoms with Crippen molar-refractivity contribution >= 4 is 16.6 Å². The van der Waals surface area contributed by atoms with Crippen LogP contribution in [0, 0.1) is 0 Å². The number of hydrogen-bond acceptors (Lipinski definition) is 3. The minimum atomic E-state index is -0.140. The maximum atomic E-state index is 12.2. The number of rotatable bonds is 2. The van der Waals surface area contributed by atoms with Gasteiger partial charge >= 0.3 is 0 Å². The molecule has 0 fully saturated rings. The number of benzene rings is 2. The van der Waals surface area contributed by atoms with Gasteiger partial charge in [0.15, 0.2) is 5.82 Å². The van der Waals surface area contributed by atoms with Gasteiger partial charge in [0.2, 0.25) is 5.78 Å². The first-order valence-corrected chi connectivity index (χ1v) is 5.24. The Morgan fingerprint density at radius 2 is 1.88 bits per heavy atom. The number of aromatic nitrogens is 3. The maximum absolute atomic E-state index is 12.2. The molecule has 0 amide bonds. The number of hydrogen-bond donors (Lipinski definition) is 1. The molecule has 0 unspecified atom stereocenters. The SMILES string of the molecule is O=C(c1ncn[nH]1)c1cccc2ccccc12. The molecular weight excluding hydrogens is 214 g/mol. The molecule has 82 valence electrons. The second-order valence-electron chi connectivity index (χ2n) is 3.69. The smallest absolute Gasteiger partial charge is 0.230 e. The van der Waals surface area contributed by atoms with E-state index in [1.165, 1.54) is 6.33 Å². The van der Waals surface area contributed by atoms with Crippen molar-refractivity contribution in [2.24, 2.45) is 0 Å². The molecule has 1 N–H and O–H groups in total. The second kappa shape index (κ2) is 3.83. The van der Waals surface area contributed by atoms with E-state index in [1.807, 2.05) is 36.4 Å². The fourth-order valence-electron chi connectivity index (χ4n) is 1.87. The summed E-state index contributed by atoms with van der Waals surface area (Å²) in [7, 11) is 0. The zero-order chi connectivity index (χ0) is 11.7. The lowest BCUT2D eigenvalue weighted by Crippen LogP contribution is -2.04. The molecule has 0 saturated carbocycles. The average molecular weight is 223 g/mol. The number of nitrogens with zero attached hydrogens (tertiary/aromatic N) is 2. The Bertz CT molecular complexity index is 669. The van der Waals surface area contributed by atoms with Gasteiger partial charge in [0, 0.05) is 5.56 Å². The molecule has 3 aromatic rings. The average Bonchev–Trinajstić information content (AvgIpc) is 2.91. The Labute approximate surface area is 97.3 Å². The number of ketones is 1. The Balaban J connectivity index is 2.21. The van der Waals surface area contributed by atoms with Crippen molar-refractivity contribution in [3.63, 3.8) is 0 Å². The summed E-state index contributed by atoms with van der Waals surface area (Å²) in [5.74, 6) is 0.126. The summed E-state index contributed by atoms with van der Waals surface area (Å²) < 4.78 is 0. The quantitative estimate of drug-likeness (QED) is 0.677. The monoisotopic (exact) mass is 223 g/mol. The van der Waals surface area contributed by atoms with Crippen LogP contribution in [0.2, 0.25) is 0 Å². The first kappa shape index (κ1) is 9.72. The lowest BCUT2D eigenvalue weighted by Gasteiger charge is -2.03. The van der Waals surface area contributed by atoms with Crippen molar-refractivity contribution in [3.05, 3.63) is 60.2 Å².